The fourth-order valence-electron chi connectivity index (χ4n) is 3.86. The van der Waals surface area contributed by atoms with E-state index in [4.69, 9.17) is 0 Å². The Morgan fingerprint density at radius 3 is 2.57 bits per heavy atom. The minimum Gasteiger partial charge on any atom is -0.324 e. The monoisotopic (exact) mass is 313 g/mol. The molecule has 6 nitrogen and oxygen atoms in total. The maximum Gasteiger partial charge on any atom is 0.334 e. The van der Waals surface area contributed by atoms with Gasteiger partial charge in [-0.1, -0.05) is 18.2 Å². The molecule has 0 saturated heterocycles. The largest absolute Gasteiger partial charge is 0.334 e. The fraction of sp³-hybridized carbons (Fsp3) is 0.412. The van der Waals surface area contributed by atoms with Gasteiger partial charge in [-0.15, -0.1) is 0 Å². The zero-order chi connectivity index (χ0) is 15.8. The lowest BCUT2D eigenvalue weighted by Crippen LogP contribution is -3.16. The summed E-state index contributed by atoms with van der Waals surface area (Å²) >= 11 is 0. The first-order valence-electron chi connectivity index (χ1n) is 8.26. The Bertz CT molecular complexity index is 819. The Kier molecular flexibility index (Phi) is 3.53. The molecule has 3 N–H and O–H groups in total. The molecule has 0 bridgehead atoms. The van der Waals surface area contributed by atoms with Crippen molar-refractivity contribution in [2.75, 3.05) is 12.0 Å². The van der Waals surface area contributed by atoms with Crippen molar-refractivity contribution in [3.63, 3.8) is 0 Å². The van der Waals surface area contributed by atoms with Gasteiger partial charge in [-0.25, -0.2) is 9.36 Å². The number of benzene rings is 1. The molecule has 0 radical (unpaired) electrons. The zero-order valence-electron chi connectivity index (χ0n) is 13.0. The van der Waals surface area contributed by atoms with E-state index in [9.17, 15) is 9.59 Å². The molecule has 1 atom stereocenters. The van der Waals surface area contributed by atoms with Crippen LogP contribution in [0.2, 0.25) is 0 Å². The van der Waals surface area contributed by atoms with Gasteiger partial charge in [0.05, 0.1) is 11.7 Å². The van der Waals surface area contributed by atoms with Gasteiger partial charge >= 0.3 is 5.69 Å². The molecule has 4 rings (SSSR count). The van der Waals surface area contributed by atoms with Crippen LogP contribution in [0.4, 0.5) is 5.82 Å². The van der Waals surface area contributed by atoms with Gasteiger partial charge in [-0.3, -0.25) is 9.78 Å². The molecular formula is C17H21N4O2+. The molecule has 6 heteroatoms. The fourth-order valence-corrected chi connectivity index (χ4v) is 3.86. The van der Waals surface area contributed by atoms with E-state index >= 15 is 0 Å². The van der Waals surface area contributed by atoms with Crippen LogP contribution in [0.25, 0.3) is 5.69 Å². The van der Waals surface area contributed by atoms with E-state index in [1.165, 1.54) is 30.6 Å². The lowest BCUT2D eigenvalue weighted by molar-refractivity contribution is -0.936. The molecule has 1 saturated carbocycles. The lowest BCUT2D eigenvalue weighted by atomic mass is 10.1. The van der Waals surface area contributed by atoms with Gasteiger partial charge in [-0.2, -0.15) is 0 Å². The smallest absolute Gasteiger partial charge is 0.324 e. The van der Waals surface area contributed by atoms with Crippen LogP contribution in [0.15, 0.2) is 39.9 Å². The number of aromatic nitrogens is 2. The highest BCUT2D eigenvalue weighted by atomic mass is 16.2. The van der Waals surface area contributed by atoms with E-state index in [2.05, 4.69) is 10.3 Å². The average Bonchev–Trinajstić information content (AvgIpc) is 3.10. The molecule has 0 spiro atoms. The number of rotatable bonds is 2. The summed E-state index contributed by atoms with van der Waals surface area (Å²) < 4.78 is 1.57. The van der Waals surface area contributed by atoms with Crippen LogP contribution < -0.4 is 21.5 Å². The minimum absolute atomic E-state index is 0.264. The van der Waals surface area contributed by atoms with Crippen molar-refractivity contribution >= 4 is 5.82 Å². The van der Waals surface area contributed by atoms with Crippen molar-refractivity contribution < 1.29 is 4.90 Å². The molecule has 2 aliphatic rings. The molecule has 1 aliphatic carbocycles. The first-order chi connectivity index (χ1) is 11.2. The number of nitrogens with zero attached hydrogens (tertiary/aromatic N) is 1. The molecule has 1 aromatic carbocycles. The van der Waals surface area contributed by atoms with Crippen LogP contribution in [0.5, 0.6) is 0 Å². The molecule has 120 valence electrons. The number of para-hydroxylation sites is 1. The standard InChI is InChI=1S/C17H20N4O2/c22-16-14-10-20(12-6-4-5-7-12)11-18-15(14)21(17(23)19-16)13-8-2-1-3-9-13/h1-3,8-9,12,18H,4-7,10-11H2,(H,19,22,23)/p+1. The zero-order valence-corrected chi connectivity index (χ0v) is 13.0. The SMILES string of the molecule is O=c1[nH]c(=O)n(-c2ccccc2)c2c1C[NH+](C1CCCC1)CN2. The Labute approximate surface area is 133 Å². The van der Waals surface area contributed by atoms with Crippen molar-refractivity contribution in [1.29, 1.82) is 0 Å². The molecule has 23 heavy (non-hydrogen) atoms. The summed E-state index contributed by atoms with van der Waals surface area (Å²) in [6, 6.07) is 10.0. The van der Waals surface area contributed by atoms with Crippen molar-refractivity contribution in [2.45, 2.75) is 38.3 Å². The first kappa shape index (κ1) is 14.3. The van der Waals surface area contributed by atoms with E-state index < -0.39 is 5.69 Å². The molecule has 2 aromatic rings. The third kappa shape index (κ3) is 2.49. The van der Waals surface area contributed by atoms with Crippen LogP contribution in [-0.4, -0.2) is 22.3 Å². The summed E-state index contributed by atoms with van der Waals surface area (Å²) in [6.45, 7) is 1.43. The molecule has 1 aliphatic heterocycles. The summed E-state index contributed by atoms with van der Waals surface area (Å²) in [6.07, 6.45) is 5.01. The second kappa shape index (κ2) is 5.70. The Morgan fingerprint density at radius 2 is 1.83 bits per heavy atom. The van der Waals surface area contributed by atoms with Crippen molar-refractivity contribution in [3.05, 3.63) is 56.7 Å². The van der Waals surface area contributed by atoms with E-state index in [0.29, 0.717) is 24.0 Å². The van der Waals surface area contributed by atoms with E-state index in [-0.39, 0.29) is 5.56 Å². The number of aromatic amines is 1. The summed E-state index contributed by atoms with van der Waals surface area (Å²) in [4.78, 5) is 28.5. The van der Waals surface area contributed by atoms with Gasteiger partial charge in [0.2, 0.25) is 0 Å². The van der Waals surface area contributed by atoms with Crippen LogP contribution in [-0.2, 0) is 6.54 Å². The van der Waals surface area contributed by atoms with Gasteiger partial charge in [-0.05, 0) is 37.8 Å². The van der Waals surface area contributed by atoms with E-state index in [1.807, 2.05) is 30.3 Å². The molecule has 1 fully saturated rings. The number of hydrogen-bond donors (Lipinski definition) is 3. The van der Waals surface area contributed by atoms with Crippen molar-refractivity contribution in [3.8, 4) is 5.69 Å². The van der Waals surface area contributed by atoms with Gasteiger partial charge in [0.1, 0.15) is 17.9 Å². The van der Waals surface area contributed by atoms with Gasteiger partial charge in [0.25, 0.3) is 5.56 Å². The Hall–Kier alpha value is -2.34. The van der Waals surface area contributed by atoms with Crippen molar-refractivity contribution in [2.24, 2.45) is 0 Å². The predicted octanol–water partition coefficient (Wildman–Crippen LogP) is 0.236. The van der Waals surface area contributed by atoms with Gasteiger partial charge in [0.15, 0.2) is 6.67 Å². The summed E-state index contributed by atoms with van der Waals surface area (Å²) in [5.41, 5.74) is 0.792. The molecule has 2 heterocycles. The highest BCUT2D eigenvalue weighted by Gasteiger charge is 2.32. The molecule has 1 unspecified atom stereocenters. The number of nitrogens with one attached hydrogen (secondary N) is 3. The molecular weight excluding hydrogens is 292 g/mol. The van der Waals surface area contributed by atoms with Crippen LogP contribution in [0.1, 0.15) is 31.2 Å². The second-order valence-corrected chi connectivity index (χ2v) is 6.43. The number of fused-ring (bicyclic) bond motifs is 1. The van der Waals surface area contributed by atoms with Crippen molar-refractivity contribution in [1.82, 2.24) is 9.55 Å². The minimum atomic E-state index is -0.392. The molecule has 0 amide bonds. The quantitative estimate of drug-likeness (QED) is 0.744. The number of anilines is 1. The van der Waals surface area contributed by atoms with Crippen LogP contribution in [0.3, 0.4) is 0 Å². The number of quaternary nitrogens is 1. The van der Waals surface area contributed by atoms with E-state index in [0.717, 1.165) is 12.4 Å². The normalized spacial score (nSPS) is 21.0. The van der Waals surface area contributed by atoms with Gasteiger partial charge in [0, 0.05) is 0 Å². The third-order valence-corrected chi connectivity index (χ3v) is 5.04. The Morgan fingerprint density at radius 1 is 1.09 bits per heavy atom. The number of hydrogen-bond acceptors (Lipinski definition) is 3. The van der Waals surface area contributed by atoms with E-state index in [1.54, 1.807) is 4.57 Å². The average molecular weight is 313 g/mol. The summed E-state index contributed by atoms with van der Waals surface area (Å²) in [7, 11) is 0. The summed E-state index contributed by atoms with van der Waals surface area (Å²) in [5, 5.41) is 3.34. The highest BCUT2D eigenvalue weighted by Crippen LogP contribution is 2.19. The Balaban J connectivity index is 1.79. The van der Waals surface area contributed by atoms with Gasteiger partial charge < -0.3 is 10.2 Å². The van der Waals surface area contributed by atoms with Crippen LogP contribution >= 0.6 is 0 Å². The maximum absolute atomic E-state index is 12.3. The lowest BCUT2D eigenvalue weighted by Gasteiger charge is -2.31. The summed E-state index contributed by atoms with van der Waals surface area (Å²) in [5.74, 6) is 0.645. The predicted molar refractivity (Wildman–Crippen MR) is 88.1 cm³/mol. The number of H-pyrrole nitrogens is 1. The van der Waals surface area contributed by atoms with Crippen LogP contribution in [0, 0.1) is 0 Å². The third-order valence-electron chi connectivity index (χ3n) is 5.04. The molecule has 1 aromatic heterocycles. The highest BCUT2D eigenvalue weighted by molar-refractivity contribution is 5.50. The maximum atomic E-state index is 12.3. The second-order valence-electron chi connectivity index (χ2n) is 6.43. The first-order valence-corrected chi connectivity index (χ1v) is 8.26. The topological polar surface area (TPSA) is 71.3 Å².